The molecule has 0 fully saturated rings. The van der Waals surface area contributed by atoms with Crippen LogP contribution in [0.1, 0.15) is 11.3 Å². The fraction of sp³-hybridized carbons (Fsp3) is 0.200. The highest BCUT2D eigenvalue weighted by Crippen LogP contribution is 2.31. The molecule has 0 aliphatic carbocycles. The van der Waals surface area contributed by atoms with Crippen molar-refractivity contribution < 1.29 is 0 Å². The lowest BCUT2D eigenvalue weighted by Crippen LogP contribution is -2.31. The van der Waals surface area contributed by atoms with Crippen LogP contribution in [0, 0.1) is 6.92 Å². The quantitative estimate of drug-likeness (QED) is 0.484. The molecular formula is C20H21N5S. The molecule has 26 heavy (non-hydrogen) atoms. The SMILES string of the molecule is Cc1[nH]nc2ccc(-c3cnc(NC[C@H](N)Cc4ccccc4)s3)cc12. The minimum absolute atomic E-state index is 0.0506. The van der Waals surface area contributed by atoms with Crippen LogP contribution in [0.4, 0.5) is 5.13 Å². The fourth-order valence-electron chi connectivity index (χ4n) is 2.99. The van der Waals surface area contributed by atoms with Gasteiger partial charge < -0.3 is 11.1 Å². The number of thiazole rings is 1. The predicted molar refractivity (Wildman–Crippen MR) is 109 cm³/mol. The lowest BCUT2D eigenvalue weighted by Gasteiger charge is -2.12. The van der Waals surface area contributed by atoms with E-state index in [1.807, 2.05) is 37.4 Å². The van der Waals surface area contributed by atoms with Crippen molar-refractivity contribution >= 4 is 27.4 Å². The number of aromatic nitrogens is 3. The highest BCUT2D eigenvalue weighted by Gasteiger charge is 2.09. The van der Waals surface area contributed by atoms with Crippen molar-refractivity contribution in [2.24, 2.45) is 5.73 Å². The summed E-state index contributed by atoms with van der Waals surface area (Å²) in [6, 6.07) is 16.7. The minimum Gasteiger partial charge on any atom is -0.360 e. The van der Waals surface area contributed by atoms with Gasteiger partial charge in [0.1, 0.15) is 0 Å². The number of benzene rings is 2. The van der Waals surface area contributed by atoms with Gasteiger partial charge in [-0.05, 0) is 36.6 Å². The third-order valence-corrected chi connectivity index (χ3v) is 5.40. The topological polar surface area (TPSA) is 79.6 Å². The van der Waals surface area contributed by atoms with Crippen molar-refractivity contribution in [1.29, 1.82) is 0 Å². The second-order valence-electron chi connectivity index (χ2n) is 6.44. The van der Waals surface area contributed by atoms with Crippen molar-refractivity contribution in [3.05, 3.63) is 66.0 Å². The average molecular weight is 363 g/mol. The van der Waals surface area contributed by atoms with Crippen LogP contribution in [0.3, 0.4) is 0 Å². The van der Waals surface area contributed by atoms with Crippen molar-refractivity contribution in [1.82, 2.24) is 15.2 Å². The molecule has 2 heterocycles. The summed E-state index contributed by atoms with van der Waals surface area (Å²) in [6.07, 6.45) is 2.76. The highest BCUT2D eigenvalue weighted by molar-refractivity contribution is 7.18. The summed E-state index contributed by atoms with van der Waals surface area (Å²) in [4.78, 5) is 5.62. The molecule has 4 N–H and O–H groups in total. The number of hydrogen-bond acceptors (Lipinski definition) is 5. The molecule has 2 aromatic heterocycles. The number of fused-ring (bicyclic) bond motifs is 1. The number of aromatic amines is 1. The highest BCUT2D eigenvalue weighted by atomic mass is 32.1. The van der Waals surface area contributed by atoms with Gasteiger partial charge in [0, 0.05) is 29.9 Å². The van der Waals surface area contributed by atoms with Gasteiger partial charge in [0.2, 0.25) is 0 Å². The van der Waals surface area contributed by atoms with Gasteiger partial charge in [-0.3, -0.25) is 5.10 Å². The van der Waals surface area contributed by atoms with E-state index in [1.165, 1.54) is 5.56 Å². The first-order valence-corrected chi connectivity index (χ1v) is 9.45. The molecule has 0 spiro atoms. The van der Waals surface area contributed by atoms with Crippen LogP contribution in [0.2, 0.25) is 0 Å². The summed E-state index contributed by atoms with van der Waals surface area (Å²) in [5.41, 5.74) is 10.7. The minimum atomic E-state index is 0.0506. The molecule has 4 aromatic rings. The van der Waals surface area contributed by atoms with Gasteiger partial charge in [-0.25, -0.2) is 4.98 Å². The van der Waals surface area contributed by atoms with Crippen LogP contribution >= 0.6 is 11.3 Å². The first kappa shape index (κ1) is 16.8. The van der Waals surface area contributed by atoms with E-state index in [0.717, 1.165) is 38.6 Å². The Morgan fingerprint density at radius 1 is 1.19 bits per heavy atom. The van der Waals surface area contributed by atoms with E-state index in [9.17, 15) is 0 Å². The van der Waals surface area contributed by atoms with Gasteiger partial charge in [0.25, 0.3) is 0 Å². The molecule has 1 atom stereocenters. The first-order valence-electron chi connectivity index (χ1n) is 8.63. The molecule has 2 aromatic carbocycles. The Hall–Kier alpha value is -2.70. The summed E-state index contributed by atoms with van der Waals surface area (Å²) >= 11 is 1.64. The van der Waals surface area contributed by atoms with Crippen LogP contribution < -0.4 is 11.1 Å². The third kappa shape index (κ3) is 3.61. The molecule has 4 rings (SSSR count). The van der Waals surface area contributed by atoms with Crippen LogP contribution in [0.25, 0.3) is 21.3 Å². The van der Waals surface area contributed by atoms with Crippen LogP contribution in [-0.4, -0.2) is 27.8 Å². The molecule has 0 aliphatic rings. The van der Waals surface area contributed by atoms with Gasteiger partial charge in [-0.15, -0.1) is 0 Å². The Morgan fingerprint density at radius 2 is 2.04 bits per heavy atom. The maximum atomic E-state index is 6.24. The molecule has 5 nitrogen and oxygen atoms in total. The van der Waals surface area contributed by atoms with E-state index in [0.29, 0.717) is 6.54 Å². The first-order chi connectivity index (χ1) is 12.7. The zero-order valence-corrected chi connectivity index (χ0v) is 15.4. The number of rotatable bonds is 6. The van der Waals surface area contributed by atoms with Crippen LogP contribution in [0.15, 0.2) is 54.7 Å². The van der Waals surface area contributed by atoms with E-state index >= 15 is 0 Å². The number of H-pyrrole nitrogens is 1. The Bertz CT molecular complexity index is 1010. The van der Waals surface area contributed by atoms with E-state index in [4.69, 9.17) is 5.73 Å². The van der Waals surface area contributed by atoms with E-state index in [2.05, 4.69) is 44.8 Å². The Kier molecular flexibility index (Phi) is 4.69. The van der Waals surface area contributed by atoms with Gasteiger partial charge in [0.15, 0.2) is 5.13 Å². The van der Waals surface area contributed by atoms with Crippen molar-refractivity contribution in [3.63, 3.8) is 0 Å². The number of anilines is 1. The maximum Gasteiger partial charge on any atom is 0.183 e. The molecule has 0 saturated heterocycles. The number of nitrogens with one attached hydrogen (secondary N) is 2. The molecule has 6 heteroatoms. The maximum absolute atomic E-state index is 6.24. The molecular weight excluding hydrogens is 342 g/mol. The average Bonchev–Trinajstić information content (AvgIpc) is 3.28. The zero-order chi connectivity index (χ0) is 17.9. The molecule has 0 radical (unpaired) electrons. The second kappa shape index (κ2) is 7.27. The van der Waals surface area contributed by atoms with Gasteiger partial charge in [-0.2, -0.15) is 5.10 Å². The normalized spacial score (nSPS) is 12.4. The zero-order valence-electron chi connectivity index (χ0n) is 14.6. The van der Waals surface area contributed by atoms with E-state index in [1.54, 1.807) is 11.3 Å². The van der Waals surface area contributed by atoms with Crippen LogP contribution in [0.5, 0.6) is 0 Å². The molecule has 0 bridgehead atoms. The number of nitrogens with zero attached hydrogens (tertiary/aromatic N) is 2. The second-order valence-corrected chi connectivity index (χ2v) is 7.47. The van der Waals surface area contributed by atoms with Gasteiger partial charge in [-0.1, -0.05) is 47.7 Å². The molecule has 132 valence electrons. The largest absolute Gasteiger partial charge is 0.360 e. The van der Waals surface area contributed by atoms with E-state index < -0.39 is 0 Å². The summed E-state index contributed by atoms with van der Waals surface area (Å²) in [6.45, 7) is 2.73. The smallest absolute Gasteiger partial charge is 0.183 e. The van der Waals surface area contributed by atoms with Crippen molar-refractivity contribution in [3.8, 4) is 10.4 Å². The Labute approximate surface area is 156 Å². The van der Waals surface area contributed by atoms with Gasteiger partial charge in [0.05, 0.1) is 10.4 Å². The summed E-state index contributed by atoms with van der Waals surface area (Å²) in [5.74, 6) is 0. The molecule has 0 unspecified atom stereocenters. The predicted octanol–water partition coefficient (Wildman–Crippen LogP) is 3.98. The number of hydrogen-bond donors (Lipinski definition) is 3. The lowest BCUT2D eigenvalue weighted by molar-refractivity contribution is 0.699. The van der Waals surface area contributed by atoms with Crippen molar-refractivity contribution in [2.45, 2.75) is 19.4 Å². The van der Waals surface area contributed by atoms with Crippen LogP contribution in [-0.2, 0) is 6.42 Å². The lowest BCUT2D eigenvalue weighted by atomic mass is 10.1. The summed E-state index contributed by atoms with van der Waals surface area (Å²) < 4.78 is 0. The van der Waals surface area contributed by atoms with E-state index in [-0.39, 0.29) is 6.04 Å². The monoisotopic (exact) mass is 363 g/mol. The summed E-state index contributed by atoms with van der Waals surface area (Å²) in [5, 5.41) is 12.7. The standard InChI is InChI=1S/C20H21N5S/c1-13-17-10-15(7-8-18(17)25-24-13)19-12-23-20(26-19)22-11-16(21)9-14-5-3-2-4-6-14/h2-8,10,12,16H,9,11,21H2,1H3,(H,22,23)(H,24,25)/t16-/m1/s1. The molecule has 0 aliphatic heterocycles. The van der Waals surface area contributed by atoms with Gasteiger partial charge >= 0.3 is 0 Å². The number of nitrogens with two attached hydrogens (primary N) is 1. The molecule has 0 amide bonds. The Morgan fingerprint density at radius 3 is 2.88 bits per heavy atom. The molecule has 0 saturated carbocycles. The number of aryl methyl sites for hydroxylation is 1. The Balaban J connectivity index is 1.41. The van der Waals surface area contributed by atoms with Crippen molar-refractivity contribution in [2.75, 3.05) is 11.9 Å². The fourth-order valence-corrected chi connectivity index (χ4v) is 3.81. The third-order valence-electron chi connectivity index (χ3n) is 4.39. The summed E-state index contributed by atoms with van der Waals surface area (Å²) in [7, 11) is 0.